The monoisotopic (exact) mass is 431 g/mol. The van der Waals surface area contributed by atoms with Gasteiger partial charge in [0, 0.05) is 30.8 Å². The maximum absolute atomic E-state index is 13.0. The smallest absolute Gasteiger partial charge is 0.168 e. The van der Waals surface area contributed by atoms with Crippen molar-refractivity contribution < 1.29 is 9.90 Å². The van der Waals surface area contributed by atoms with Crippen LogP contribution < -0.4 is 4.90 Å². The molecule has 1 aromatic carbocycles. The molecule has 0 aliphatic carbocycles. The molecule has 5 rings (SSSR count). The predicted octanol–water partition coefficient (Wildman–Crippen LogP) is 2.30. The summed E-state index contributed by atoms with van der Waals surface area (Å²) in [7, 11) is 0. The predicted molar refractivity (Wildman–Crippen MR) is 119 cm³/mol. The summed E-state index contributed by atoms with van der Waals surface area (Å²) >= 11 is 0. The van der Waals surface area contributed by atoms with Gasteiger partial charge in [0.1, 0.15) is 12.1 Å². The van der Waals surface area contributed by atoms with Crippen LogP contribution in [-0.2, 0) is 25.1 Å². The van der Waals surface area contributed by atoms with Gasteiger partial charge >= 0.3 is 0 Å². The van der Waals surface area contributed by atoms with Crippen LogP contribution in [0, 0.1) is 6.92 Å². The molecule has 0 amide bonds. The molecule has 0 bridgehead atoms. The number of carbonyl (C=O) groups is 1. The molecule has 4 aromatic rings. The second-order valence-corrected chi connectivity index (χ2v) is 8.76. The number of aryl methyl sites for hydroxylation is 1. The largest absolute Gasteiger partial charge is 0.386 e. The molecule has 32 heavy (non-hydrogen) atoms. The molecule has 1 N–H and O–H groups in total. The third-order valence-corrected chi connectivity index (χ3v) is 5.80. The van der Waals surface area contributed by atoms with Crippen LogP contribution in [0.5, 0.6) is 0 Å². The van der Waals surface area contributed by atoms with Crippen LogP contribution in [0.2, 0.25) is 0 Å². The average molecular weight is 432 g/mol. The summed E-state index contributed by atoms with van der Waals surface area (Å²) < 4.78 is 3.87. The van der Waals surface area contributed by atoms with Crippen LogP contribution in [0.3, 0.4) is 0 Å². The van der Waals surface area contributed by atoms with Gasteiger partial charge in [-0.3, -0.25) is 4.79 Å². The maximum atomic E-state index is 13.0. The number of carbonyl (C=O) groups excluding carboxylic acids is 1. The molecule has 0 saturated heterocycles. The number of nitrogens with zero attached hydrogens (tertiary/aromatic N) is 7. The summed E-state index contributed by atoms with van der Waals surface area (Å²) in [5.41, 5.74) is 2.69. The highest BCUT2D eigenvalue weighted by atomic mass is 16.3. The summed E-state index contributed by atoms with van der Waals surface area (Å²) in [4.78, 5) is 19.9. The molecular weight excluding hydrogens is 406 g/mol. The van der Waals surface area contributed by atoms with Crippen LogP contribution in [-0.4, -0.2) is 46.8 Å². The molecule has 3 aromatic heterocycles. The number of hydrogen-bond donors (Lipinski definition) is 1. The summed E-state index contributed by atoms with van der Waals surface area (Å²) in [6, 6.07) is 11.0. The molecule has 0 atom stereocenters. The van der Waals surface area contributed by atoms with Crippen molar-refractivity contribution in [2.45, 2.75) is 45.9 Å². The van der Waals surface area contributed by atoms with Gasteiger partial charge in [-0.05, 0) is 26.3 Å². The van der Waals surface area contributed by atoms with E-state index in [1.165, 1.54) is 0 Å². The van der Waals surface area contributed by atoms with E-state index in [1.54, 1.807) is 44.4 Å². The Morgan fingerprint density at radius 2 is 1.94 bits per heavy atom. The lowest BCUT2D eigenvalue weighted by atomic mass is 9.96. The Morgan fingerprint density at radius 3 is 2.69 bits per heavy atom. The Balaban J connectivity index is 1.45. The van der Waals surface area contributed by atoms with Crippen molar-refractivity contribution in [3.05, 3.63) is 71.1 Å². The van der Waals surface area contributed by atoms with Gasteiger partial charge in [-0.1, -0.05) is 24.3 Å². The molecule has 0 unspecified atom stereocenters. The second kappa shape index (κ2) is 7.52. The normalized spacial score (nSPS) is 14.1. The van der Waals surface area contributed by atoms with Crippen LogP contribution in [0.15, 0.2) is 42.7 Å². The van der Waals surface area contributed by atoms with Crippen molar-refractivity contribution >= 4 is 17.2 Å². The van der Waals surface area contributed by atoms with Gasteiger partial charge in [0.15, 0.2) is 17.3 Å². The van der Waals surface area contributed by atoms with Crippen LogP contribution in [0.1, 0.15) is 47.0 Å². The van der Waals surface area contributed by atoms with Gasteiger partial charge in [-0.2, -0.15) is 9.61 Å². The zero-order chi connectivity index (χ0) is 22.5. The average Bonchev–Trinajstić information content (AvgIpc) is 3.37. The van der Waals surface area contributed by atoms with Gasteiger partial charge in [0.25, 0.3) is 0 Å². The number of fused-ring (bicyclic) bond motifs is 2. The lowest BCUT2D eigenvalue weighted by molar-refractivity contribution is 0.0784. The molecule has 1 aliphatic rings. The van der Waals surface area contributed by atoms with Crippen molar-refractivity contribution in [1.82, 2.24) is 29.4 Å². The van der Waals surface area contributed by atoms with E-state index in [4.69, 9.17) is 0 Å². The highest BCUT2D eigenvalue weighted by molar-refractivity contribution is 5.97. The number of aromatic nitrogens is 6. The van der Waals surface area contributed by atoms with Gasteiger partial charge in [0.05, 0.1) is 30.0 Å². The van der Waals surface area contributed by atoms with E-state index in [-0.39, 0.29) is 12.2 Å². The quantitative estimate of drug-likeness (QED) is 0.484. The number of hydrogen-bond acceptors (Lipinski definition) is 7. The third kappa shape index (κ3) is 3.75. The van der Waals surface area contributed by atoms with E-state index in [1.807, 2.05) is 28.1 Å². The third-order valence-electron chi connectivity index (χ3n) is 5.80. The summed E-state index contributed by atoms with van der Waals surface area (Å²) in [5.74, 6) is 1.76. The Labute approximate surface area is 185 Å². The lowest BCUT2D eigenvalue weighted by Gasteiger charge is -2.29. The van der Waals surface area contributed by atoms with E-state index < -0.39 is 5.60 Å². The molecule has 0 fully saturated rings. The van der Waals surface area contributed by atoms with E-state index in [9.17, 15) is 9.90 Å². The maximum Gasteiger partial charge on any atom is 0.168 e. The molecule has 9 heteroatoms. The van der Waals surface area contributed by atoms with E-state index in [2.05, 4.69) is 25.2 Å². The zero-order valence-electron chi connectivity index (χ0n) is 18.4. The molecule has 0 saturated carbocycles. The van der Waals surface area contributed by atoms with E-state index in [0.717, 1.165) is 36.0 Å². The molecule has 0 radical (unpaired) electrons. The summed E-state index contributed by atoms with van der Waals surface area (Å²) in [6.07, 6.45) is 1.93. The topological polar surface area (TPSA) is 101 Å². The number of Topliss-reactive ketones (excluding diaryl/α,β-unsaturated/α-hetero) is 1. The van der Waals surface area contributed by atoms with E-state index >= 15 is 0 Å². The number of aliphatic hydroxyl groups is 1. The SMILES string of the molecule is Cc1cc2nc(CC(=O)c3ccc(C(C)(C)O)cc3)cc(N3CCn4cnnc4C3)n2n1. The fraction of sp³-hybridized carbons (Fsp3) is 0.348. The Hall–Kier alpha value is -3.59. The molecular formula is C23H25N7O2. The van der Waals surface area contributed by atoms with Crippen molar-refractivity contribution in [2.75, 3.05) is 11.4 Å². The van der Waals surface area contributed by atoms with Crippen LogP contribution in [0.4, 0.5) is 5.82 Å². The minimum atomic E-state index is -0.943. The first-order valence-electron chi connectivity index (χ1n) is 10.6. The number of anilines is 1. The Bertz CT molecular complexity index is 1300. The first kappa shape index (κ1) is 20.3. The van der Waals surface area contributed by atoms with Gasteiger partial charge < -0.3 is 14.6 Å². The molecule has 164 valence electrons. The van der Waals surface area contributed by atoms with Crippen molar-refractivity contribution in [2.24, 2.45) is 0 Å². The molecule has 9 nitrogen and oxygen atoms in total. The summed E-state index contributed by atoms with van der Waals surface area (Å²) in [5, 5.41) is 23.0. The number of rotatable bonds is 5. The molecule has 1 aliphatic heterocycles. The molecule has 0 spiro atoms. The fourth-order valence-corrected chi connectivity index (χ4v) is 4.03. The van der Waals surface area contributed by atoms with Gasteiger partial charge in [-0.15, -0.1) is 10.2 Å². The first-order valence-corrected chi connectivity index (χ1v) is 10.6. The minimum absolute atomic E-state index is 0.0234. The lowest BCUT2D eigenvalue weighted by Crippen LogP contribution is -2.35. The molecule has 4 heterocycles. The van der Waals surface area contributed by atoms with Gasteiger partial charge in [0.2, 0.25) is 0 Å². The fourth-order valence-electron chi connectivity index (χ4n) is 4.03. The van der Waals surface area contributed by atoms with Crippen molar-refractivity contribution in [3.8, 4) is 0 Å². The highest BCUT2D eigenvalue weighted by Crippen LogP contribution is 2.24. The standard InChI is InChI=1S/C23H25N7O2/c1-15-10-20-25-18(11-19(31)16-4-6-17(7-5-16)23(2,3)32)12-22(30(20)27-15)28-8-9-29-14-24-26-21(29)13-28/h4-7,10,12,14,32H,8-9,11,13H2,1-3H3. The zero-order valence-corrected chi connectivity index (χ0v) is 18.4. The highest BCUT2D eigenvalue weighted by Gasteiger charge is 2.22. The van der Waals surface area contributed by atoms with E-state index in [0.29, 0.717) is 23.4 Å². The number of ketones is 1. The Kier molecular flexibility index (Phi) is 4.78. The minimum Gasteiger partial charge on any atom is -0.386 e. The van der Waals surface area contributed by atoms with Crippen LogP contribution in [0.25, 0.3) is 5.65 Å². The van der Waals surface area contributed by atoms with Crippen LogP contribution >= 0.6 is 0 Å². The second-order valence-electron chi connectivity index (χ2n) is 8.76. The summed E-state index contributed by atoms with van der Waals surface area (Å²) in [6.45, 7) is 7.56. The Morgan fingerprint density at radius 1 is 1.16 bits per heavy atom. The van der Waals surface area contributed by atoms with Crippen molar-refractivity contribution in [1.29, 1.82) is 0 Å². The first-order chi connectivity index (χ1) is 15.3. The number of benzene rings is 1. The van der Waals surface area contributed by atoms with Gasteiger partial charge in [-0.25, -0.2) is 4.98 Å². The van der Waals surface area contributed by atoms with Crippen molar-refractivity contribution in [3.63, 3.8) is 0 Å².